The first-order chi connectivity index (χ1) is 11.3. The van der Waals surface area contributed by atoms with E-state index in [1.54, 1.807) is 24.7 Å². The van der Waals surface area contributed by atoms with Gasteiger partial charge >= 0.3 is 0 Å². The zero-order valence-corrected chi connectivity index (χ0v) is 14.0. The molecule has 3 heterocycles. The van der Waals surface area contributed by atoms with Gasteiger partial charge in [-0.25, -0.2) is 15.0 Å². The molecule has 0 unspecified atom stereocenters. The molecule has 1 fully saturated rings. The number of hydrogen-bond donors (Lipinski definition) is 0. The third-order valence-electron chi connectivity index (χ3n) is 3.88. The van der Waals surface area contributed by atoms with Crippen molar-refractivity contribution in [3.8, 4) is 10.8 Å². The summed E-state index contributed by atoms with van der Waals surface area (Å²) in [6.07, 6.45) is 8.17. The zero-order chi connectivity index (χ0) is 16.1. The Balaban J connectivity index is 1.75. The fourth-order valence-electron chi connectivity index (χ4n) is 2.72. The lowest BCUT2D eigenvalue weighted by atomic mass is 10.0. The molecule has 0 saturated carbocycles. The molecule has 1 aliphatic heterocycles. The minimum absolute atomic E-state index is 0.0362. The molecule has 0 radical (unpaired) electrons. The highest BCUT2D eigenvalue weighted by molar-refractivity contribution is 7.16. The fraction of sp³-hybridized carbons (Fsp3) is 0.500. The Morgan fingerprint density at radius 2 is 2.17 bits per heavy atom. The molecule has 0 spiro atoms. The Hall–Kier alpha value is -1.86. The van der Waals surface area contributed by atoms with Gasteiger partial charge in [0.05, 0.1) is 18.8 Å². The lowest BCUT2D eigenvalue weighted by molar-refractivity contribution is 0.0346. The number of thiazole rings is 1. The van der Waals surface area contributed by atoms with Crippen LogP contribution in [0.5, 0.6) is 0 Å². The molecule has 0 aromatic carbocycles. The van der Waals surface area contributed by atoms with Crippen molar-refractivity contribution in [1.82, 2.24) is 19.9 Å². The van der Waals surface area contributed by atoms with Gasteiger partial charge in [0.1, 0.15) is 4.88 Å². The van der Waals surface area contributed by atoms with Crippen molar-refractivity contribution < 1.29 is 9.53 Å². The molecule has 6 nitrogen and oxygen atoms in total. The largest absolute Gasteiger partial charge is 0.380 e. The maximum absolute atomic E-state index is 12.8. The fourth-order valence-corrected chi connectivity index (χ4v) is 3.54. The molecule has 0 aliphatic carbocycles. The van der Waals surface area contributed by atoms with Crippen LogP contribution in [-0.2, 0) is 4.74 Å². The molecule has 1 saturated heterocycles. The second-order valence-electron chi connectivity index (χ2n) is 5.41. The summed E-state index contributed by atoms with van der Waals surface area (Å²) in [4.78, 5) is 28.1. The molecule has 3 rings (SSSR count). The average molecular weight is 332 g/mol. The number of ether oxygens (including phenoxy) is 1. The molecule has 122 valence electrons. The van der Waals surface area contributed by atoms with Gasteiger partial charge in [0, 0.05) is 25.5 Å². The summed E-state index contributed by atoms with van der Waals surface area (Å²) in [5.74, 6) is 0.593. The summed E-state index contributed by atoms with van der Waals surface area (Å²) in [5.41, 5.74) is 0. The van der Waals surface area contributed by atoms with Crippen LogP contribution in [0.1, 0.15) is 35.9 Å². The van der Waals surface area contributed by atoms with Gasteiger partial charge < -0.3 is 9.64 Å². The molecule has 0 N–H and O–H groups in total. The van der Waals surface area contributed by atoms with Crippen LogP contribution in [0.2, 0.25) is 0 Å². The van der Waals surface area contributed by atoms with Crippen LogP contribution in [0.4, 0.5) is 0 Å². The maximum Gasteiger partial charge on any atom is 0.265 e. The summed E-state index contributed by atoms with van der Waals surface area (Å²) >= 11 is 1.35. The number of likely N-dealkylation sites (tertiary alicyclic amines) is 1. The van der Waals surface area contributed by atoms with Crippen molar-refractivity contribution >= 4 is 17.2 Å². The van der Waals surface area contributed by atoms with Gasteiger partial charge in [0.2, 0.25) is 0 Å². The highest BCUT2D eigenvalue weighted by Gasteiger charge is 2.28. The van der Waals surface area contributed by atoms with E-state index in [4.69, 9.17) is 4.74 Å². The van der Waals surface area contributed by atoms with Gasteiger partial charge in [-0.3, -0.25) is 4.79 Å². The Morgan fingerprint density at radius 1 is 1.35 bits per heavy atom. The molecule has 1 aliphatic rings. The van der Waals surface area contributed by atoms with E-state index in [2.05, 4.69) is 15.0 Å². The second kappa shape index (κ2) is 7.61. The van der Waals surface area contributed by atoms with E-state index in [0.29, 0.717) is 28.9 Å². The molecular weight excluding hydrogens is 312 g/mol. The summed E-state index contributed by atoms with van der Waals surface area (Å²) in [6, 6.07) is 1.92. The quantitative estimate of drug-likeness (QED) is 0.842. The van der Waals surface area contributed by atoms with Gasteiger partial charge in [-0.15, -0.1) is 11.3 Å². The van der Waals surface area contributed by atoms with Crippen molar-refractivity contribution in [2.24, 2.45) is 0 Å². The van der Waals surface area contributed by atoms with E-state index in [1.807, 2.05) is 11.8 Å². The predicted octanol–water partition coefficient (Wildman–Crippen LogP) is 2.63. The topological polar surface area (TPSA) is 68.2 Å². The molecule has 0 bridgehead atoms. The first-order valence-corrected chi connectivity index (χ1v) is 8.73. The molecule has 23 heavy (non-hydrogen) atoms. The Morgan fingerprint density at radius 3 is 2.96 bits per heavy atom. The number of carbonyl (C=O) groups is 1. The predicted molar refractivity (Wildman–Crippen MR) is 88.3 cm³/mol. The highest BCUT2D eigenvalue weighted by Crippen LogP contribution is 2.26. The van der Waals surface area contributed by atoms with Crippen molar-refractivity contribution in [1.29, 1.82) is 0 Å². The Kier molecular flexibility index (Phi) is 5.30. The third-order valence-corrected chi connectivity index (χ3v) is 4.86. The minimum Gasteiger partial charge on any atom is -0.380 e. The van der Waals surface area contributed by atoms with E-state index in [1.165, 1.54) is 11.3 Å². The normalized spacial score (nSPS) is 18.1. The van der Waals surface area contributed by atoms with Crippen LogP contribution in [0.3, 0.4) is 0 Å². The van der Waals surface area contributed by atoms with Gasteiger partial charge in [-0.05, 0) is 32.3 Å². The van der Waals surface area contributed by atoms with Gasteiger partial charge in [0.25, 0.3) is 5.91 Å². The SMILES string of the molecule is CCOC[C@H]1CCCCN1C(=O)c1cnc(-c2ncccn2)s1. The van der Waals surface area contributed by atoms with Crippen LogP contribution >= 0.6 is 11.3 Å². The van der Waals surface area contributed by atoms with Crippen molar-refractivity contribution in [2.45, 2.75) is 32.2 Å². The Bertz CT molecular complexity index is 647. The number of nitrogens with zero attached hydrogens (tertiary/aromatic N) is 4. The zero-order valence-electron chi connectivity index (χ0n) is 13.1. The van der Waals surface area contributed by atoms with Crippen LogP contribution in [0.15, 0.2) is 24.7 Å². The van der Waals surface area contributed by atoms with Crippen molar-refractivity contribution in [3.05, 3.63) is 29.5 Å². The van der Waals surface area contributed by atoms with Crippen molar-refractivity contribution in [2.75, 3.05) is 19.8 Å². The molecule has 1 atom stereocenters. The standard InChI is InChI=1S/C16H20N4O2S/c1-2-22-11-12-6-3-4-9-20(12)16(21)13-10-19-15(23-13)14-17-7-5-8-18-14/h5,7-8,10,12H,2-4,6,9,11H2,1H3/t12-/m1/s1. The van der Waals surface area contributed by atoms with Crippen LogP contribution in [0.25, 0.3) is 10.8 Å². The number of carbonyl (C=O) groups excluding carboxylic acids is 1. The van der Waals surface area contributed by atoms with Gasteiger partial charge in [-0.1, -0.05) is 0 Å². The summed E-state index contributed by atoms with van der Waals surface area (Å²) in [7, 11) is 0. The smallest absolute Gasteiger partial charge is 0.265 e. The molecular formula is C16H20N4O2S. The van der Waals surface area contributed by atoms with E-state index in [-0.39, 0.29) is 11.9 Å². The van der Waals surface area contributed by atoms with E-state index in [0.717, 1.165) is 25.8 Å². The number of piperidine rings is 1. The van der Waals surface area contributed by atoms with E-state index >= 15 is 0 Å². The van der Waals surface area contributed by atoms with E-state index in [9.17, 15) is 4.79 Å². The number of aromatic nitrogens is 3. The lowest BCUT2D eigenvalue weighted by Gasteiger charge is -2.35. The van der Waals surface area contributed by atoms with Gasteiger partial charge in [0.15, 0.2) is 10.8 Å². The Labute approximate surface area is 139 Å². The average Bonchev–Trinajstić information content (AvgIpc) is 3.10. The summed E-state index contributed by atoms with van der Waals surface area (Å²) < 4.78 is 5.54. The maximum atomic E-state index is 12.8. The van der Waals surface area contributed by atoms with Gasteiger partial charge in [-0.2, -0.15) is 0 Å². The summed E-state index contributed by atoms with van der Waals surface area (Å²) in [5, 5.41) is 0.673. The molecule has 1 amide bonds. The van der Waals surface area contributed by atoms with E-state index < -0.39 is 0 Å². The minimum atomic E-state index is 0.0362. The highest BCUT2D eigenvalue weighted by atomic mass is 32.1. The van der Waals surface area contributed by atoms with Crippen LogP contribution in [0, 0.1) is 0 Å². The second-order valence-corrected chi connectivity index (χ2v) is 6.44. The summed E-state index contributed by atoms with van der Waals surface area (Å²) in [6.45, 7) is 4.04. The first-order valence-electron chi connectivity index (χ1n) is 7.91. The monoisotopic (exact) mass is 332 g/mol. The lowest BCUT2D eigenvalue weighted by Crippen LogP contribution is -2.45. The third kappa shape index (κ3) is 3.73. The molecule has 7 heteroatoms. The van der Waals surface area contributed by atoms with Crippen LogP contribution in [-0.4, -0.2) is 51.6 Å². The molecule has 2 aromatic heterocycles. The van der Waals surface area contributed by atoms with Crippen LogP contribution < -0.4 is 0 Å². The number of hydrogen-bond acceptors (Lipinski definition) is 6. The van der Waals surface area contributed by atoms with Crippen molar-refractivity contribution in [3.63, 3.8) is 0 Å². The molecule has 2 aromatic rings. The number of amides is 1. The first kappa shape index (κ1) is 16.0. The number of rotatable bonds is 5.